The van der Waals surface area contributed by atoms with Gasteiger partial charge in [-0.05, 0) is 24.6 Å². The Balaban J connectivity index is 2.18. The molecule has 1 atom stereocenters. The predicted molar refractivity (Wildman–Crippen MR) is 74.7 cm³/mol. The Hall–Kier alpha value is -2.24. The molecule has 0 aliphatic heterocycles. The van der Waals surface area contributed by atoms with Gasteiger partial charge in [0.25, 0.3) is 5.91 Å². The molecule has 0 unspecified atom stereocenters. The first-order chi connectivity index (χ1) is 10.0. The molecular weight excluding hydrogens is 276 g/mol. The zero-order valence-electron chi connectivity index (χ0n) is 11.9. The summed E-state index contributed by atoms with van der Waals surface area (Å²) >= 11 is 0. The average Bonchev–Trinajstić information content (AvgIpc) is 2.87. The number of hydrogen-bond acceptors (Lipinski definition) is 2. The smallest absolute Gasteiger partial charge is 0.251 e. The van der Waals surface area contributed by atoms with Crippen molar-refractivity contribution in [2.45, 2.75) is 25.8 Å². The Bertz CT molecular complexity index is 640. The molecule has 21 heavy (non-hydrogen) atoms. The van der Waals surface area contributed by atoms with Crippen LogP contribution in [0.5, 0.6) is 0 Å². The van der Waals surface area contributed by atoms with E-state index >= 15 is 0 Å². The monoisotopic (exact) mass is 293 g/mol. The van der Waals surface area contributed by atoms with Crippen LogP contribution in [0.15, 0.2) is 30.6 Å². The van der Waals surface area contributed by atoms with Gasteiger partial charge < -0.3 is 9.88 Å². The topological polar surface area (TPSA) is 46.9 Å². The first-order valence-corrected chi connectivity index (χ1v) is 6.76. The number of aryl methyl sites for hydroxylation is 1. The fraction of sp³-hybridized carbons (Fsp3) is 0.333. The van der Waals surface area contributed by atoms with Crippen LogP contribution in [0.25, 0.3) is 0 Å². The number of imidazole rings is 1. The molecule has 0 aliphatic rings. The van der Waals surface area contributed by atoms with Crippen LogP contribution in [0.2, 0.25) is 0 Å². The third kappa shape index (κ3) is 3.45. The number of hydrogen-bond donors (Lipinski definition) is 1. The first-order valence-electron chi connectivity index (χ1n) is 6.76. The molecule has 0 radical (unpaired) electrons. The van der Waals surface area contributed by atoms with Crippen molar-refractivity contribution >= 4 is 5.91 Å². The van der Waals surface area contributed by atoms with Crippen LogP contribution in [0, 0.1) is 11.6 Å². The van der Waals surface area contributed by atoms with Crippen molar-refractivity contribution in [3.05, 3.63) is 53.6 Å². The number of amides is 1. The number of nitrogens with one attached hydrogen (secondary N) is 1. The molecule has 0 saturated heterocycles. The average molecular weight is 293 g/mol. The fourth-order valence-electron chi connectivity index (χ4n) is 2.15. The summed E-state index contributed by atoms with van der Waals surface area (Å²) in [5.41, 5.74) is 0.0872. The molecule has 0 aliphatic carbocycles. The maximum atomic E-state index is 13.2. The van der Waals surface area contributed by atoms with Crippen LogP contribution >= 0.6 is 0 Å². The standard InChI is InChI=1S/C15H17F2N3O/c1-3-4-13(14-18-7-8-20(14)2)19-15(21)10-5-6-11(16)12(17)9-10/h5-9,13H,3-4H2,1-2H3,(H,19,21)/t13-/m1/s1. The van der Waals surface area contributed by atoms with E-state index in [1.165, 1.54) is 6.07 Å². The van der Waals surface area contributed by atoms with E-state index < -0.39 is 17.5 Å². The van der Waals surface area contributed by atoms with Crippen molar-refractivity contribution in [3.63, 3.8) is 0 Å². The summed E-state index contributed by atoms with van der Waals surface area (Å²) in [6.45, 7) is 2.00. The maximum Gasteiger partial charge on any atom is 0.251 e. The minimum absolute atomic E-state index is 0.0872. The normalized spacial score (nSPS) is 12.2. The molecule has 1 heterocycles. The minimum Gasteiger partial charge on any atom is -0.342 e. The summed E-state index contributed by atoms with van der Waals surface area (Å²) in [6.07, 6.45) is 5.01. The number of carbonyl (C=O) groups excluding carboxylic acids is 1. The summed E-state index contributed by atoms with van der Waals surface area (Å²) < 4.78 is 27.9. The molecule has 0 fully saturated rings. The number of halogens is 2. The number of benzene rings is 1. The molecule has 4 nitrogen and oxygen atoms in total. The number of aromatic nitrogens is 2. The van der Waals surface area contributed by atoms with Crippen LogP contribution in [0.1, 0.15) is 42.0 Å². The van der Waals surface area contributed by atoms with Gasteiger partial charge in [0, 0.05) is 25.0 Å². The Kier molecular flexibility index (Phi) is 4.67. The van der Waals surface area contributed by atoms with Gasteiger partial charge in [-0.2, -0.15) is 0 Å². The Morgan fingerprint density at radius 1 is 1.38 bits per heavy atom. The number of rotatable bonds is 5. The summed E-state index contributed by atoms with van der Waals surface area (Å²) in [7, 11) is 1.84. The molecule has 1 aromatic heterocycles. The van der Waals surface area contributed by atoms with E-state index in [1.807, 2.05) is 18.5 Å². The Morgan fingerprint density at radius 3 is 2.71 bits per heavy atom. The second kappa shape index (κ2) is 6.47. The lowest BCUT2D eigenvalue weighted by molar-refractivity contribution is 0.0931. The lowest BCUT2D eigenvalue weighted by atomic mass is 10.1. The highest BCUT2D eigenvalue weighted by molar-refractivity contribution is 5.94. The SMILES string of the molecule is CCC[C@@H](NC(=O)c1ccc(F)c(F)c1)c1nccn1C. The minimum atomic E-state index is -1.04. The van der Waals surface area contributed by atoms with Crippen molar-refractivity contribution in [1.29, 1.82) is 0 Å². The summed E-state index contributed by atoms with van der Waals surface area (Å²) in [5, 5.41) is 2.81. The summed E-state index contributed by atoms with van der Waals surface area (Å²) in [5.74, 6) is -1.73. The highest BCUT2D eigenvalue weighted by atomic mass is 19.2. The van der Waals surface area contributed by atoms with E-state index in [0.29, 0.717) is 6.42 Å². The zero-order valence-corrected chi connectivity index (χ0v) is 11.9. The van der Waals surface area contributed by atoms with Gasteiger partial charge in [-0.3, -0.25) is 4.79 Å². The van der Waals surface area contributed by atoms with Gasteiger partial charge >= 0.3 is 0 Å². The maximum absolute atomic E-state index is 13.2. The molecule has 0 saturated carbocycles. The van der Waals surface area contributed by atoms with E-state index in [4.69, 9.17) is 0 Å². The van der Waals surface area contributed by atoms with Crippen LogP contribution in [0.3, 0.4) is 0 Å². The van der Waals surface area contributed by atoms with E-state index in [9.17, 15) is 13.6 Å². The van der Waals surface area contributed by atoms with Crippen molar-refractivity contribution in [1.82, 2.24) is 14.9 Å². The van der Waals surface area contributed by atoms with Crippen molar-refractivity contribution in [2.75, 3.05) is 0 Å². The van der Waals surface area contributed by atoms with E-state index in [0.717, 1.165) is 24.4 Å². The molecule has 2 rings (SSSR count). The third-order valence-electron chi connectivity index (χ3n) is 3.23. The summed E-state index contributed by atoms with van der Waals surface area (Å²) in [6, 6.07) is 2.83. The van der Waals surface area contributed by atoms with Gasteiger partial charge in [-0.15, -0.1) is 0 Å². The second-order valence-corrected chi connectivity index (χ2v) is 4.84. The Labute approximate surface area is 121 Å². The molecule has 0 bridgehead atoms. The molecule has 1 amide bonds. The third-order valence-corrected chi connectivity index (χ3v) is 3.23. The summed E-state index contributed by atoms with van der Waals surface area (Å²) in [4.78, 5) is 16.4. The molecule has 2 aromatic rings. The van der Waals surface area contributed by atoms with Gasteiger partial charge in [-0.1, -0.05) is 13.3 Å². The fourth-order valence-corrected chi connectivity index (χ4v) is 2.15. The molecule has 1 aromatic carbocycles. The molecule has 0 spiro atoms. The van der Waals surface area contributed by atoms with Crippen LogP contribution in [0.4, 0.5) is 8.78 Å². The zero-order chi connectivity index (χ0) is 15.4. The lowest BCUT2D eigenvalue weighted by Crippen LogP contribution is -2.30. The highest BCUT2D eigenvalue weighted by Gasteiger charge is 2.19. The molecule has 6 heteroatoms. The molecule has 1 N–H and O–H groups in total. The Morgan fingerprint density at radius 2 is 2.14 bits per heavy atom. The van der Waals surface area contributed by atoms with Gasteiger partial charge in [0.15, 0.2) is 11.6 Å². The number of nitrogens with zero attached hydrogens (tertiary/aromatic N) is 2. The van der Waals surface area contributed by atoms with Crippen molar-refractivity contribution in [3.8, 4) is 0 Å². The highest BCUT2D eigenvalue weighted by Crippen LogP contribution is 2.17. The van der Waals surface area contributed by atoms with Crippen LogP contribution < -0.4 is 5.32 Å². The van der Waals surface area contributed by atoms with E-state index in [2.05, 4.69) is 10.3 Å². The quantitative estimate of drug-likeness (QED) is 0.921. The van der Waals surface area contributed by atoms with E-state index in [1.54, 1.807) is 12.4 Å². The largest absolute Gasteiger partial charge is 0.342 e. The first kappa shape index (κ1) is 15.2. The van der Waals surface area contributed by atoms with Gasteiger partial charge in [0.05, 0.1) is 6.04 Å². The lowest BCUT2D eigenvalue weighted by Gasteiger charge is -2.18. The van der Waals surface area contributed by atoms with Crippen LogP contribution in [-0.2, 0) is 7.05 Å². The van der Waals surface area contributed by atoms with Gasteiger partial charge in [-0.25, -0.2) is 13.8 Å². The van der Waals surface area contributed by atoms with Crippen molar-refractivity contribution in [2.24, 2.45) is 7.05 Å². The second-order valence-electron chi connectivity index (χ2n) is 4.84. The molecule has 112 valence electrons. The van der Waals surface area contributed by atoms with E-state index in [-0.39, 0.29) is 11.6 Å². The van der Waals surface area contributed by atoms with Gasteiger partial charge in [0.2, 0.25) is 0 Å². The number of carbonyl (C=O) groups is 1. The predicted octanol–water partition coefficient (Wildman–Crippen LogP) is 2.97. The van der Waals surface area contributed by atoms with Crippen LogP contribution in [-0.4, -0.2) is 15.5 Å². The molecular formula is C15H17F2N3O. The van der Waals surface area contributed by atoms with Crippen molar-refractivity contribution < 1.29 is 13.6 Å². The van der Waals surface area contributed by atoms with Gasteiger partial charge in [0.1, 0.15) is 5.82 Å².